The number of nitro groups is 2. The van der Waals surface area contributed by atoms with Gasteiger partial charge in [-0.3, -0.25) is 34.6 Å². The zero-order valence-corrected chi connectivity index (χ0v) is 39.1. The molecule has 0 heterocycles. The van der Waals surface area contributed by atoms with Gasteiger partial charge in [-0.1, -0.05) is 85.2 Å². The molecule has 2 bridgehead atoms. The molecule has 5 rings (SSSR count). The zero-order chi connectivity index (χ0) is 48.0. The predicted octanol–water partition coefficient (Wildman–Crippen LogP) is 12.9. The van der Waals surface area contributed by atoms with Crippen molar-refractivity contribution in [3.05, 3.63) is 162 Å². The number of Topliss-reactive ketones (excluding diaryl/α,β-unsaturated/α-hetero) is 3. The summed E-state index contributed by atoms with van der Waals surface area (Å²) < 4.78 is 12.3. The Morgan fingerprint density at radius 3 is 1.86 bits per heavy atom. The maximum Gasteiger partial charge on any atom is 0.276 e. The summed E-state index contributed by atoms with van der Waals surface area (Å²) in [5, 5.41) is 36.6. The predicted molar refractivity (Wildman–Crippen MR) is 252 cm³/mol. The van der Waals surface area contributed by atoms with Gasteiger partial charge in [-0.05, 0) is 135 Å². The fourth-order valence-electron chi connectivity index (χ4n) is 9.34. The van der Waals surface area contributed by atoms with E-state index in [4.69, 9.17) is 9.47 Å². The van der Waals surface area contributed by atoms with Gasteiger partial charge in [0, 0.05) is 17.7 Å². The Labute approximate surface area is 382 Å². The first-order chi connectivity index (χ1) is 30.5. The topological polar surface area (TPSA) is 176 Å². The first-order valence-electron chi connectivity index (χ1n) is 22.0. The summed E-state index contributed by atoms with van der Waals surface area (Å²) in [6, 6.07) is 16.2. The molecular weight excluding hydrogens is 825 g/mol. The molecule has 0 saturated heterocycles. The van der Waals surface area contributed by atoms with E-state index in [0.717, 1.165) is 22.3 Å². The van der Waals surface area contributed by atoms with Gasteiger partial charge < -0.3 is 14.6 Å². The average molecular weight is 887 g/mol. The molecule has 65 heavy (non-hydrogen) atoms. The summed E-state index contributed by atoms with van der Waals surface area (Å²) in [7, 11) is 0. The standard InChI is InChI=1S/C53H62N2O10/c1-33(2)19-21-38(36(7)8)28-53-29-41(23-20-34(3)4)51(9,10)32-52(50(53)59,26-25-35(5)6)48(57)46(49(53)58)47(56)37-22-24-44(64-30-39-15-11-13-17-42(39)54(60)61)45(27-37)65-31-40-16-12-14-18-43(40)55(62)63/h11-20,22,24-25,27,38,41,58H,7,21,23,26,28-32H2,1-6,8-10H3. The van der Waals surface area contributed by atoms with Crippen LogP contribution in [0.4, 0.5) is 11.4 Å². The number of ether oxygens (including phenoxy) is 2. The quantitative estimate of drug-likeness (QED) is 0.0304. The lowest BCUT2D eigenvalue weighted by atomic mass is 9.54. The molecule has 4 unspecified atom stereocenters. The van der Waals surface area contributed by atoms with Crippen LogP contribution < -0.4 is 9.47 Å². The number of allylic oxidation sites excluding steroid dienone is 9. The molecule has 1 saturated carbocycles. The second-order valence-electron chi connectivity index (χ2n) is 19.2. The van der Waals surface area contributed by atoms with Crippen molar-refractivity contribution in [2.24, 2.45) is 28.1 Å². The number of aliphatic hydroxyl groups excluding tert-OH is 1. The normalized spacial score (nSPS) is 20.5. The molecule has 1 fully saturated rings. The van der Waals surface area contributed by atoms with Gasteiger partial charge in [0.05, 0.1) is 31.8 Å². The van der Waals surface area contributed by atoms with Crippen LogP contribution >= 0.6 is 0 Å². The number of nitrogens with zero attached hydrogens (tertiary/aromatic N) is 2. The maximum atomic E-state index is 15.8. The number of carbonyl (C=O) groups excluding carboxylic acids is 3. The number of fused-ring (bicyclic) bond motifs is 2. The third kappa shape index (κ3) is 10.8. The minimum Gasteiger partial charge on any atom is -0.510 e. The largest absolute Gasteiger partial charge is 0.510 e. The summed E-state index contributed by atoms with van der Waals surface area (Å²) in [5.74, 6) is -2.96. The van der Waals surface area contributed by atoms with Crippen molar-refractivity contribution in [2.45, 2.75) is 114 Å². The van der Waals surface area contributed by atoms with Crippen molar-refractivity contribution >= 4 is 28.7 Å². The number of aliphatic hydroxyl groups is 1. The molecule has 344 valence electrons. The number of benzene rings is 3. The van der Waals surface area contributed by atoms with E-state index in [0.29, 0.717) is 12.8 Å². The van der Waals surface area contributed by atoms with E-state index in [9.17, 15) is 25.3 Å². The highest BCUT2D eigenvalue weighted by atomic mass is 16.6. The lowest BCUT2D eigenvalue weighted by Gasteiger charge is -2.45. The van der Waals surface area contributed by atoms with E-state index < -0.39 is 49.0 Å². The van der Waals surface area contributed by atoms with E-state index in [2.05, 4.69) is 32.6 Å². The van der Waals surface area contributed by atoms with Gasteiger partial charge in [-0.2, -0.15) is 0 Å². The number of ketones is 3. The molecular formula is C53H62N2O10. The molecule has 3 aromatic carbocycles. The first kappa shape index (κ1) is 49.6. The van der Waals surface area contributed by atoms with Gasteiger partial charge in [0.25, 0.3) is 11.4 Å². The second kappa shape index (κ2) is 20.2. The summed E-state index contributed by atoms with van der Waals surface area (Å²) in [5.41, 5.74) is -0.512. The van der Waals surface area contributed by atoms with Gasteiger partial charge in [0.2, 0.25) is 0 Å². The highest BCUT2D eigenvalue weighted by Crippen LogP contribution is 2.62. The van der Waals surface area contributed by atoms with Gasteiger partial charge in [0.15, 0.2) is 28.8 Å². The molecule has 0 radical (unpaired) electrons. The van der Waals surface area contributed by atoms with Crippen molar-refractivity contribution in [3.63, 3.8) is 0 Å². The van der Waals surface area contributed by atoms with Gasteiger partial charge in [-0.15, -0.1) is 0 Å². The van der Waals surface area contributed by atoms with Crippen molar-refractivity contribution < 1.29 is 38.8 Å². The Bertz CT molecular complexity index is 2510. The molecule has 2 aliphatic rings. The molecule has 12 nitrogen and oxygen atoms in total. The molecule has 0 amide bonds. The molecule has 1 N–H and O–H groups in total. The number of carbonyl (C=O) groups is 3. The van der Waals surface area contributed by atoms with E-state index in [-0.39, 0.29) is 96.1 Å². The summed E-state index contributed by atoms with van der Waals surface area (Å²) in [6.07, 6.45) is 7.69. The van der Waals surface area contributed by atoms with E-state index in [1.165, 1.54) is 48.5 Å². The number of nitro benzene ring substituents is 2. The van der Waals surface area contributed by atoms with Crippen LogP contribution in [-0.2, 0) is 22.8 Å². The summed E-state index contributed by atoms with van der Waals surface area (Å²) >= 11 is 0. The zero-order valence-electron chi connectivity index (χ0n) is 39.1. The molecule has 4 atom stereocenters. The third-order valence-corrected chi connectivity index (χ3v) is 13.0. The van der Waals surface area contributed by atoms with E-state index >= 15 is 14.4 Å². The van der Waals surface area contributed by atoms with Gasteiger partial charge in [-0.25, -0.2) is 0 Å². The van der Waals surface area contributed by atoms with E-state index in [1.807, 2.05) is 54.5 Å². The third-order valence-electron chi connectivity index (χ3n) is 13.0. The Morgan fingerprint density at radius 2 is 1.34 bits per heavy atom. The second-order valence-corrected chi connectivity index (χ2v) is 19.2. The fraction of sp³-hybridized carbons (Fsp3) is 0.415. The number of rotatable bonds is 19. The number of hydrogen-bond donors (Lipinski definition) is 1. The van der Waals surface area contributed by atoms with Crippen LogP contribution in [0.1, 0.15) is 122 Å². The molecule has 2 aliphatic carbocycles. The van der Waals surface area contributed by atoms with Crippen LogP contribution in [0.15, 0.2) is 125 Å². The van der Waals surface area contributed by atoms with Crippen LogP contribution in [0.2, 0.25) is 0 Å². The maximum absolute atomic E-state index is 15.8. The van der Waals surface area contributed by atoms with Crippen LogP contribution in [0.25, 0.3) is 0 Å². The smallest absolute Gasteiger partial charge is 0.276 e. The van der Waals surface area contributed by atoms with Crippen LogP contribution in [0.3, 0.4) is 0 Å². The van der Waals surface area contributed by atoms with Crippen LogP contribution in [0.5, 0.6) is 11.5 Å². The van der Waals surface area contributed by atoms with Crippen molar-refractivity contribution in [2.75, 3.05) is 0 Å². The number of para-hydroxylation sites is 2. The Kier molecular flexibility index (Phi) is 15.4. The summed E-state index contributed by atoms with van der Waals surface area (Å²) in [6.45, 7) is 21.5. The molecule has 3 aromatic rings. The van der Waals surface area contributed by atoms with Gasteiger partial charge >= 0.3 is 0 Å². The molecule has 0 spiro atoms. The lowest BCUT2D eigenvalue weighted by Crippen LogP contribution is -2.55. The monoisotopic (exact) mass is 886 g/mol. The minimum absolute atomic E-state index is 0.0337. The minimum atomic E-state index is -1.70. The molecule has 0 aromatic heterocycles. The fourth-order valence-corrected chi connectivity index (χ4v) is 9.34. The SMILES string of the molecule is C=C(C)C(CC=C(C)C)CC12CC(CC=C(C)C)C(C)(C)CC(CC=C(C)C)(C(=O)C(C(=O)c3ccc(OCc4ccccc4[N+](=O)[O-])c(OCc4ccccc4[N+](=O)[O-])c3)=C1O)C2=O. The molecule has 12 heteroatoms. The lowest BCUT2D eigenvalue weighted by molar-refractivity contribution is -0.386. The number of hydrogen-bond acceptors (Lipinski definition) is 10. The first-order valence-corrected chi connectivity index (χ1v) is 22.0. The van der Waals surface area contributed by atoms with Crippen LogP contribution in [-0.4, -0.2) is 32.3 Å². The Balaban J connectivity index is 1.75. The molecule has 0 aliphatic heterocycles. The Hall–Kier alpha value is -6.43. The van der Waals surface area contributed by atoms with Crippen molar-refractivity contribution in [1.29, 1.82) is 0 Å². The van der Waals surface area contributed by atoms with Crippen molar-refractivity contribution in [3.8, 4) is 11.5 Å². The van der Waals surface area contributed by atoms with Crippen molar-refractivity contribution in [1.82, 2.24) is 0 Å². The summed E-state index contributed by atoms with van der Waals surface area (Å²) in [4.78, 5) is 69.3. The van der Waals surface area contributed by atoms with Gasteiger partial charge in [0.1, 0.15) is 24.5 Å². The highest BCUT2D eigenvalue weighted by Gasteiger charge is 2.66. The Morgan fingerprint density at radius 1 is 0.800 bits per heavy atom. The van der Waals surface area contributed by atoms with E-state index in [1.54, 1.807) is 18.2 Å². The van der Waals surface area contributed by atoms with Crippen LogP contribution in [0, 0.1) is 48.3 Å². The highest BCUT2D eigenvalue weighted by molar-refractivity contribution is 6.34. The average Bonchev–Trinajstić information content (AvgIpc) is 3.30.